The molecule has 0 aromatic heterocycles. The van der Waals surface area contributed by atoms with Crippen molar-refractivity contribution in [2.75, 3.05) is 0 Å². The lowest BCUT2D eigenvalue weighted by Crippen LogP contribution is -2.19. The zero-order valence-corrected chi connectivity index (χ0v) is 36.7. The van der Waals surface area contributed by atoms with Crippen LogP contribution < -0.4 is 0 Å². The fraction of sp³-hybridized carbons (Fsp3) is 0.180. The summed E-state index contributed by atoms with van der Waals surface area (Å²) < 4.78 is 0. The standard InChI is InChI=1S/C61H52/c1-59(2,3)40-28-30-49-56(33-40)61(7,8)57-34-41(60(4,5)6)32-50(58(49)57)39-27-29-48-51(31-39)55-36-52(44-25-15-19-37-17-9-11-21-42(37)44)46-23-13-14-24-47(46)54(55)35-53(48)45-26-16-20-38-18-10-12-22-43(38)45/h9-36H,1-8H3. The summed E-state index contributed by atoms with van der Waals surface area (Å²) in [4.78, 5) is 0. The van der Waals surface area contributed by atoms with Gasteiger partial charge in [0.2, 0.25) is 0 Å². The van der Waals surface area contributed by atoms with Gasteiger partial charge in [0.15, 0.2) is 0 Å². The van der Waals surface area contributed by atoms with Gasteiger partial charge in [-0.05, 0) is 156 Å². The molecule has 0 heterocycles. The van der Waals surface area contributed by atoms with Crippen LogP contribution in [0.2, 0.25) is 0 Å². The molecule has 0 fully saturated rings. The molecule has 0 amide bonds. The fourth-order valence-electron chi connectivity index (χ4n) is 10.5. The Morgan fingerprint density at radius 3 is 1.41 bits per heavy atom. The van der Waals surface area contributed by atoms with Crippen LogP contribution in [0.5, 0.6) is 0 Å². The molecule has 10 aromatic rings. The van der Waals surface area contributed by atoms with Crippen LogP contribution in [-0.4, -0.2) is 0 Å². The predicted octanol–water partition coefficient (Wildman–Crippen LogP) is 17.4. The average Bonchev–Trinajstić information content (AvgIpc) is 3.49. The number of benzene rings is 10. The molecule has 0 atom stereocenters. The summed E-state index contributed by atoms with van der Waals surface area (Å²) >= 11 is 0. The zero-order valence-electron chi connectivity index (χ0n) is 36.7. The molecular weight excluding hydrogens is 733 g/mol. The Morgan fingerprint density at radius 2 is 0.803 bits per heavy atom. The lowest BCUT2D eigenvalue weighted by molar-refractivity contribution is 0.580. The highest BCUT2D eigenvalue weighted by Crippen LogP contribution is 2.55. The molecule has 0 bridgehead atoms. The SMILES string of the molecule is CC(C)(C)c1ccc2c(c1)C(C)(C)c1cc(C(C)(C)C)cc(-c3ccc4c(-c5cccc6ccccc56)cc5c6ccccc6c(-c6cccc7ccccc67)cc5c4c3)c1-2. The van der Waals surface area contributed by atoms with Crippen molar-refractivity contribution in [1.82, 2.24) is 0 Å². The van der Waals surface area contributed by atoms with E-state index < -0.39 is 0 Å². The summed E-state index contributed by atoms with van der Waals surface area (Å²) in [5.74, 6) is 0. The highest BCUT2D eigenvalue weighted by atomic mass is 14.4. The molecule has 1 aliphatic carbocycles. The molecule has 61 heavy (non-hydrogen) atoms. The topological polar surface area (TPSA) is 0 Å². The largest absolute Gasteiger partial charge is 0.0616 e. The summed E-state index contributed by atoms with van der Waals surface area (Å²) in [6.45, 7) is 18.9. The molecule has 0 aliphatic heterocycles. The first-order valence-corrected chi connectivity index (χ1v) is 22.0. The molecule has 296 valence electrons. The smallest absolute Gasteiger partial charge is 0.0159 e. The van der Waals surface area contributed by atoms with Crippen molar-refractivity contribution in [2.45, 2.75) is 71.6 Å². The first-order valence-electron chi connectivity index (χ1n) is 22.0. The lowest BCUT2D eigenvalue weighted by Gasteiger charge is -2.27. The quantitative estimate of drug-likeness (QED) is 0.157. The minimum absolute atomic E-state index is 0.0252. The third-order valence-electron chi connectivity index (χ3n) is 14.0. The second kappa shape index (κ2) is 13.2. The van der Waals surface area contributed by atoms with Crippen LogP contribution in [0.15, 0.2) is 170 Å². The van der Waals surface area contributed by atoms with Gasteiger partial charge in [0.25, 0.3) is 0 Å². The highest BCUT2D eigenvalue weighted by molar-refractivity contribution is 6.26. The van der Waals surface area contributed by atoms with Crippen LogP contribution in [0.25, 0.3) is 98.4 Å². The second-order valence-electron chi connectivity index (χ2n) is 20.1. The van der Waals surface area contributed by atoms with Crippen molar-refractivity contribution >= 4 is 53.9 Å². The van der Waals surface area contributed by atoms with Gasteiger partial charge in [-0.15, -0.1) is 0 Å². The first kappa shape index (κ1) is 37.5. The van der Waals surface area contributed by atoms with Gasteiger partial charge >= 0.3 is 0 Å². The summed E-state index contributed by atoms with van der Waals surface area (Å²) in [7, 11) is 0. The summed E-state index contributed by atoms with van der Waals surface area (Å²) in [5, 5.41) is 12.7. The van der Waals surface area contributed by atoms with E-state index in [1.165, 1.54) is 121 Å². The minimum atomic E-state index is -0.140. The van der Waals surface area contributed by atoms with Crippen LogP contribution in [0, 0.1) is 0 Å². The van der Waals surface area contributed by atoms with Gasteiger partial charge in [-0.1, -0.05) is 201 Å². The maximum absolute atomic E-state index is 2.53. The Kier molecular flexibility index (Phi) is 8.14. The third-order valence-corrected chi connectivity index (χ3v) is 14.0. The lowest BCUT2D eigenvalue weighted by atomic mass is 9.76. The number of hydrogen-bond acceptors (Lipinski definition) is 0. The van der Waals surface area contributed by atoms with E-state index in [2.05, 4.69) is 225 Å². The van der Waals surface area contributed by atoms with Crippen LogP contribution in [-0.2, 0) is 16.2 Å². The number of hydrogen-bond donors (Lipinski definition) is 0. The molecule has 0 nitrogen and oxygen atoms in total. The Morgan fingerprint density at radius 1 is 0.311 bits per heavy atom. The average molecular weight is 785 g/mol. The van der Waals surface area contributed by atoms with E-state index in [1.807, 2.05) is 0 Å². The molecule has 0 N–H and O–H groups in total. The van der Waals surface area contributed by atoms with E-state index in [4.69, 9.17) is 0 Å². The van der Waals surface area contributed by atoms with E-state index in [-0.39, 0.29) is 16.2 Å². The molecule has 0 saturated heterocycles. The Hall–Kier alpha value is -6.50. The molecule has 0 saturated carbocycles. The van der Waals surface area contributed by atoms with Gasteiger partial charge in [-0.25, -0.2) is 0 Å². The molecule has 10 aromatic carbocycles. The van der Waals surface area contributed by atoms with Crippen molar-refractivity contribution in [2.24, 2.45) is 0 Å². The predicted molar refractivity (Wildman–Crippen MR) is 265 cm³/mol. The molecule has 11 rings (SSSR count). The summed E-state index contributed by atoms with van der Waals surface area (Å²) in [5.41, 5.74) is 15.9. The third kappa shape index (κ3) is 5.79. The fourth-order valence-corrected chi connectivity index (χ4v) is 10.5. The van der Waals surface area contributed by atoms with Crippen molar-refractivity contribution < 1.29 is 0 Å². The Labute approximate surface area is 360 Å². The number of rotatable bonds is 3. The van der Waals surface area contributed by atoms with E-state index in [0.29, 0.717) is 0 Å². The van der Waals surface area contributed by atoms with Crippen molar-refractivity contribution in [3.05, 3.63) is 192 Å². The number of fused-ring (bicyclic) bond motifs is 10. The molecule has 0 radical (unpaired) electrons. The van der Waals surface area contributed by atoms with Gasteiger partial charge in [0.05, 0.1) is 0 Å². The van der Waals surface area contributed by atoms with Gasteiger partial charge in [0, 0.05) is 5.41 Å². The molecule has 1 aliphatic rings. The second-order valence-corrected chi connectivity index (χ2v) is 20.1. The van der Waals surface area contributed by atoms with Crippen LogP contribution in [0.4, 0.5) is 0 Å². The summed E-state index contributed by atoms with van der Waals surface area (Å²) in [6.07, 6.45) is 0. The Balaban J connectivity index is 1.28. The van der Waals surface area contributed by atoms with Gasteiger partial charge in [-0.3, -0.25) is 0 Å². The molecule has 0 unspecified atom stereocenters. The maximum atomic E-state index is 2.53. The molecule has 0 spiro atoms. The Bertz CT molecular complexity index is 3440. The highest BCUT2D eigenvalue weighted by Gasteiger charge is 2.39. The monoisotopic (exact) mass is 784 g/mol. The van der Waals surface area contributed by atoms with Crippen molar-refractivity contribution in [3.8, 4) is 44.5 Å². The van der Waals surface area contributed by atoms with Gasteiger partial charge in [0.1, 0.15) is 0 Å². The van der Waals surface area contributed by atoms with E-state index >= 15 is 0 Å². The van der Waals surface area contributed by atoms with Crippen LogP contribution >= 0.6 is 0 Å². The zero-order chi connectivity index (χ0) is 42.0. The van der Waals surface area contributed by atoms with E-state index in [1.54, 1.807) is 0 Å². The normalized spacial score (nSPS) is 13.7. The van der Waals surface area contributed by atoms with Crippen LogP contribution in [0.3, 0.4) is 0 Å². The minimum Gasteiger partial charge on any atom is -0.0616 e. The maximum Gasteiger partial charge on any atom is 0.0159 e. The van der Waals surface area contributed by atoms with Crippen molar-refractivity contribution in [1.29, 1.82) is 0 Å². The van der Waals surface area contributed by atoms with Gasteiger partial charge < -0.3 is 0 Å². The first-order chi connectivity index (χ1) is 29.3. The van der Waals surface area contributed by atoms with Crippen molar-refractivity contribution in [3.63, 3.8) is 0 Å². The van der Waals surface area contributed by atoms with Crippen LogP contribution in [0.1, 0.15) is 77.6 Å². The molecular formula is C61H52. The summed E-state index contributed by atoms with van der Waals surface area (Å²) in [6, 6.07) is 64.9. The van der Waals surface area contributed by atoms with E-state index in [9.17, 15) is 0 Å². The van der Waals surface area contributed by atoms with Gasteiger partial charge in [-0.2, -0.15) is 0 Å². The molecule has 0 heteroatoms. The van der Waals surface area contributed by atoms with E-state index in [0.717, 1.165) is 0 Å².